The van der Waals surface area contributed by atoms with Crippen molar-refractivity contribution in [2.75, 3.05) is 13.2 Å². The number of allylic oxidation sites excluding steroid dienone is 6. The lowest BCUT2D eigenvalue weighted by atomic mass is 10.1. The van der Waals surface area contributed by atoms with E-state index in [1.54, 1.807) is 0 Å². The number of unbranched alkanes of at least 4 members (excludes halogenated alkanes) is 45. The Balaban J connectivity index is 4.34. The van der Waals surface area contributed by atoms with Crippen LogP contribution in [0.2, 0.25) is 0 Å². The van der Waals surface area contributed by atoms with Crippen LogP contribution in [0.25, 0.3) is 0 Å². The molecule has 0 saturated carbocycles. The molecule has 75 heavy (non-hydrogen) atoms. The molecule has 0 radical (unpaired) electrons. The van der Waals surface area contributed by atoms with Gasteiger partial charge in [-0.25, -0.2) is 0 Å². The molecule has 0 aliphatic heterocycles. The van der Waals surface area contributed by atoms with E-state index in [2.05, 4.69) is 57.2 Å². The van der Waals surface area contributed by atoms with Crippen molar-refractivity contribution in [3.63, 3.8) is 0 Å². The van der Waals surface area contributed by atoms with E-state index < -0.39 is 6.10 Å². The average Bonchev–Trinajstić information content (AvgIpc) is 3.41. The summed E-state index contributed by atoms with van der Waals surface area (Å²) in [5, 5.41) is 0. The molecule has 0 aliphatic carbocycles. The molecular formula is C69H128O6. The van der Waals surface area contributed by atoms with E-state index in [1.165, 1.54) is 270 Å². The van der Waals surface area contributed by atoms with Gasteiger partial charge in [0.2, 0.25) is 0 Å². The monoisotopic (exact) mass is 1050 g/mol. The molecular weight excluding hydrogens is 925 g/mol. The maximum Gasteiger partial charge on any atom is 0.306 e. The lowest BCUT2D eigenvalue weighted by Gasteiger charge is -2.18. The van der Waals surface area contributed by atoms with Gasteiger partial charge in [-0.3, -0.25) is 14.4 Å². The summed E-state index contributed by atoms with van der Waals surface area (Å²) in [6.45, 7) is 6.69. The van der Waals surface area contributed by atoms with Crippen LogP contribution >= 0.6 is 0 Å². The molecule has 0 aromatic heterocycles. The molecule has 0 N–H and O–H groups in total. The maximum absolute atomic E-state index is 12.9. The van der Waals surface area contributed by atoms with Gasteiger partial charge in [0, 0.05) is 19.3 Å². The maximum atomic E-state index is 12.9. The fourth-order valence-corrected chi connectivity index (χ4v) is 10.0. The summed E-state index contributed by atoms with van der Waals surface area (Å²) in [4.78, 5) is 38.4. The third-order valence-corrected chi connectivity index (χ3v) is 15.1. The Bertz CT molecular complexity index is 1190. The van der Waals surface area contributed by atoms with E-state index in [9.17, 15) is 14.4 Å². The fourth-order valence-electron chi connectivity index (χ4n) is 10.0. The van der Waals surface area contributed by atoms with Crippen LogP contribution in [0, 0.1) is 0 Å². The van der Waals surface area contributed by atoms with Gasteiger partial charge in [-0.15, -0.1) is 0 Å². The molecule has 0 spiro atoms. The second-order valence-electron chi connectivity index (χ2n) is 22.7. The minimum Gasteiger partial charge on any atom is -0.462 e. The van der Waals surface area contributed by atoms with Gasteiger partial charge >= 0.3 is 17.9 Å². The predicted molar refractivity (Wildman–Crippen MR) is 326 cm³/mol. The van der Waals surface area contributed by atoms with Crippen molar-refractivity contribution in [1.82, 2.24) is 0 Å². The average molecular weight is 1050 g/mol. The van der Waals surface area contributed by atoms with Crippen LogP contribution in [0.3, 0.4) is 0 Å². The molecule has 0 saturated heterocycles. The van der Waals surface area contributed by atoms with Crippen molar-refractivity contribution in [2.45, 2.75) is 374 Å². The van der Waals surface area contributed by atoms with E-state index in [0.717, 1.165) is 57.8 Å². The van der Waals surface area contributed by atoms with Gasteiger partial charge in [0.05, 0.1) is 0 Å². The van der Waals surface area contributed by atoms with Crippen LogP contribution in [0.15, 0.2) is 36.5 Å². The van der Waals surface area contributed by atoms with Crippen LogP contribution in [0.5, 0.6) is 0 Å². The van der Waals surface area contributed by atoms with Crippen LogP contribution in [-0.2, 0) is 28.6 Å². The number of hydrogen-bond donors (Lipinski definition) is 0. The SMILES string of the molecule is CCCCCCCC/C=C/CCCCCCCCCCCC(=O)OCC(COC(=O)CCCCCCCCCCC/C=C/CCCCCCCC)OC(=O)CCCCCCCCCCC/C=C/CCCCCCCC. The lowest BCUT2D eigenvalue weighted by molar-refractivity contribution is -0.167. The van der Waals surface area contributed by atoms with Crippen LogP contribution < -0.4 is 0 Å². The standard InChI is InChI=1S/C69H128O6/c1-4-7-10-13-16-19-22-25-28-31-34-37-40-43-46-49-52-55-58-61-67(70)73-64-66(75-69(72)63-60-57-54-51-48-45-42-39-36-33-30-27-24-21-18-15-12-9-6-3)65-74-68(71)62-59-56-53-50-47-44-41-38-35-32-29-26-23-20-17-14-11-8-5-2/h25-30,66H,4-24,31-65H2,1-3H3/b28-25+,29-26+,30-27+. The fraction of sp³-hybridized carbons (Fsp3) is 0.870. The Morgan fingerprint density at radius 2 is 0.440 bits per heavy atom. The van der Waals surface area contributed by atoms with E-state index in [0.29, 0.717) is 19.3 Å². The van der Waals surface area contributed by atoms with Crippen LogP contribution in [0.4, 0.5) is 0 Å². The van der Waals surface area contributed by atoms with Gasteiger partial charge in [0.1, 0.15) is 13.2 Å². The molecule has 6 heteroatoms. The van der Waals surface area contributed by atoms with E-state index in [4.69, 9.17) is 14.2 Å². The van der Waals surface area contributed by atoms with Gasteiger partial charge < -0.3 is 14.2 Å². The number of ether oxygens (including phenoxy) is 3. The highest BCUT2D eigenvalue weighted by atomic mass is 16.6. The molecule has 0 aliphatic rings. The normalized spacial score (nSPS) is 11.8. The van der Waals surface area contributed by atoms with E-state index in [-0.39, 0.29) is 31.1 Å². The number of carbonyl (C=O) groups is 3. The Morgan fingerprint density at radius 1 is 0.253 bits per heavy atom. The van der Waals surface area contributed by atoms with Gasteiger partial charge in [-0.1, -0.05) is 288 Å². The highest BCUT2D eigenvalue weighted by molar-refractivity contribution is 5.71. The van der Waals surface area contributed by atoms with Gasteiger partial charge in [0.15, 0.2) is 6.10 Å². The lowest BCUT2D eigenvalue weighted by Crippen LogP contribution is -2.30. The number of esters is 3. The summed E-state index contributed by atoms with van der Waals surface area (Å²) in [5.74, 6) is -0.852. The minimum atomic E-state index is -0.775. The first kappa shape index (κ1) is 72.6. The molecule has 0 rings (SSSR count). The number of carbonyl (C=O) groups excluding carboxylic acids is 3. The molecule has 0 unspecified atom stereocenters. The van der Waals surface area contributed by atoms with Gasteiger partial charge in [-0.05, 0) is 96.3 Å². The third-order valence-electron chi connectivity index (χ3n) is 15.1. The van der Waals surface area contributed by atoms with E-state index >= 15 is 0 Å². The summed E-state index contributed by atoms with van der Waals surface area (Å²) in [6.07, 6.45) is 78.6. The first-order chi connectivity index (χ1) is 37.0. The molecule has 0 fully saturated rings. The van der Waals surface area contributed by atoms with Crippen molar-refractivity contribution >= 4 is 17.9 Å². The first-order valence-electron chi connectivity index (χ1n) is 33.5. The zero-order valence-corrected chi connectivity index (χ0v) is 50.6. The Hall–Kier alpha value is -2.37. The first-order valence-corrected chi connectivity index (χ1v) is 33.5. The molecule has 0 amide bonds. The predicted octanol–water partition coefficient (Wildman–Crippen LogP) is 22.8. The number of rotatable bonds is 62. The number of hydrogen-bond acceptors (Lipinski definition) is 6. The van der Waals surface area contributed by atoms with Crippen molar-refractivity contribution in [1.29, 1.82) is 0 Å². The van der Waals surface area contributed by atoms with Crippen molar-refractivity contribution in [3.05, 3.63) is 36.5 Å². The Labute approximate surface area is 467 Å². The molecule has 0 atom stereocenters. The molecule has 0 aromatic rings. The second kappa shape index (κ2) is 64.2. The topological polar surface area (TPSA) is 78.9 Å². The summed E-state index contributed by atoms with van der Waals surface area (Å²) >= 11 is 0. The smallest absolute Gasteiger partial charge is 0.306 e. The Kier molecular flexibility index (Phi) is 62.1. The van der Waals surface area contributed by atoms with Gasteiger partial charge in [0.25, 0.3) is 0 Å². The van der Waals surface area contributed by atoms with Gasteiger partial charge in [-0.2, -0.15) is 0 Å². The van der Waals surface area contributed by atoms with Crippen LogP contribution in [0.1, 0.15) is 367 Å². The van der Waals surface area contributed by atoms with Crippen molar-refractivity contribution in [3.8, 4) is 0 Å². The highest BCUT2D eigenvalue weighted by Gasteiger charge is 2.19. The largest absolute Gasteiger partial charge is 0.462 e. The second-order valence-corrected chi connectivity index (χ2v) is 22.7. The Morgan fingerprint density at radius 3 is 0.667 bits per heavy atom. The summed E-state index contributed by atoms with van der Waals surface area (Å²) in [5.41, 5.74) is 0. The summed E-state index contributed by atoms with van der Waals surface area (Å²) in [6, 6.07) is 0. The molecule has 0 heterocycles. The third kappa shape index (κ3) is 62.4. The molecule has 0 aromatic carbocycles. The molecule has 0 bridgehead atoms. The quantitative estimate of drug-likeness (QED) is 0.0261. The molecule has 440 valence electrons. The zero-order chi connectivity index (χ0) is 54.3. The summed E-state index contributed by atoms with van der Waals surface area (Å²) in [7, 11) is 0. The minimum absolute atomic E-state index is 0.0712. The molecule has 6 nitrogen and oxygen atoms in total. The van der Waals surface area contributed by atoms with Crippen LogP contribution in [-0.4, -0.2) is 37.2 Å². The zero-order valence-electron chi connectivity index (χ0n) is 50.6. The van der Waals surface area contributed by atoms with Crippen molar-refractivity contribution in [2.24, 2.45) is 0 Å². The highest BCUT2D eigenvalue weighted by Crippen LogP contribution is 2.17. The van der Waals surface area contributed by atoms with E-state index in [1.807, 2.05) is 0 Å². The summed E-state index contributed by atoms with van der Waals surface area (Å²) < 4.78 is 17.0. The van der Waals surface area contributed by atoms with Crippen molar-refractivity contribution < 1.29 is 28.6 Å².